The number of hydrogen-bond donors (Lipinski definition) is 1. The van der Waals surface area contributed by atoms with Crippen LogP contribution in [0.3, 0.4) is 0 Å². The van der Waals surface area contributed by atoms with Gasteiger partial charge in [0, 0.05) is 41.8 Å². The molecule has 0 aliphatic carbocycles. The third-order valence-corrected chi connectivity index (χ3v) is 6.46. The number of halogens is 1. The lowest BCUT2D eigenvalue weighted by molar-refractivity contribution is -0.127. The lowest BCUT2D eigenvalue weighted by Gasteiger charge is -2.34. The number of nitrogens with two attached hydrogens (primary N) is 1. The summed E-state index contributed by atoms with van der Waals surface area (Å²) in [4.78, 5) is 14.0. The van der Waals surface area contributed by atoms with E-state index in [1.807, 2.05) is 30.3 Å². The normalized spacial score (nSPS) is 15.9. The molecule has 2 N–H and O–H groups in total. The molecule has 1 saturated heterocycles. The van der Waals surface area contributed by atoms with Crippen LogP contribution in [0, 0.1) is 5.82 Å². The van der Waals surface area contributed by atoms with E-state index in [0.717, 1.165) is 21.0 Å². The lowest BCUT2D eigenvalue weighted by Crippen LogP contribution is -2.45. The minimum absolute atomic E-state index is 0.298. The van der Waals surface area contributed by atoms with Crippen molar-refractivity contribution in [1.29, 1.82) is 0 Å². The summed E-state index contributed by atoms with van der Waals surface area (Å²) in [7, 11) is 1.79. The molecule has 1 aliphatic rings. The Balaban J connectivity index is 1.61. The summed E-state index contributed by atoms with van der Waals surface area (Å²) in [5.41, 5.74) is 7.20. The maximum atomic E-state index is 14.7. The van der Waals surface area contributed by atoms with Crippen molar-refractivity contribution in [2.24, 2.45) is 12.8 Å². The molecule has 1 aromatic heterocycles. The summed E-state index contributed by atoms with van der Waals surface area (Å²) >= 11 is 1.45. The van der Waals surface area contributed by atoms with Gasteiger partial charge < -0.3 is 10.5 Å². The van der Waals surface area contributed by atoms with E-state index in [0.29, 0.717) is 31.6 Å². The van der Waals surface area contributed by atoms with Gasteiger partial charge in [0.25, 0.3) is 0 Å². The van der Waals surface area contributed by atoms with Crippen LogP contribution in [0.15, 0.2) is 64.5 Å². The van der Waals surface area contributed by atoms with E-state index in [1.165, 1.54) is 17.8 Å². The monoisotopic (exact) mass is 411 g/mol. The van der Waals surface area contributed by atoms with Crippen molar-refractivity contribution >= 4 is 17.7 Å². The van der Waals surface area contributed by atoms with E-state index in [4.69, 9.17) is 10.5 Å². The Morgan fingerprint density at radius 3 is 2.59 bits per heavy atom. The van der Waals surface area contributed by atoms with Crippen LogP contribution in [0.5, 0.6) is 0 Å². The third kappa shape index (κ3) is 3.80. The zero-order chi connectivity index (χ0) is 20.4. The van der Waals surface area contributed by atoms with Crippen LogP contribution in [-0.4, -0.2) is 28.9 Å². The molecule has 0 bridgehead atoms. The summed E-state index contributed by atoms with van der Waals surface area (Å²) in [6.45, 7) is 1.03. The molecule has 0 radical (unpaired) electrons. The largest absolute Gasteiger partial charge is 0.381 e. The van der Waals surface area contributed by atoms with Crippen molar-refractivity contribution in [2.75, 3.05) is 13.2 Å². The molecule has 0 atom stereocenters. The highest BCUT2D eigenvalue weighted by molar-refractivity contribution is 7.99. The van der Waals surface area contributed by atoms with Gasteiger partial charge in [0.05, 0.1) is 11.1 Å². The Kier molecular flexibility index (Phi) is 5.43. The average Bonchev–Trinajstić information content (AvgIpc) is 3.14. The highest BCUT2D eigenvalue weighted by Crippen LogP contribution is 2.38. The van der Waals surface area contributed by atoms with Gasteiger partial charge in [-0.05, 0) is 54.8 Å². The van der Waals surface area contributed by atoms with Gasteiger partial charge in [-0.25, -0.2) is 4.39 Å². The minimum Gasteiger partial charge on any atom is -0.381 e. The molecule has 2 heterocycles. The Bertz CT molecular complexity index is 1040. The smallest absolute Gasteiger partial charge is 0.228 e. The predicted molar refractivity (Wildman–Crippen MR) is 110 cm³/mol. The number of carbonyl (C=O) groups is 1. The van der Waals surface area contributed by atoms with E-state index >= 15 is 0 Å². The van der Waals surface area contributed by atoms with E-state index < -0.39 is 5.41 Å². The first-order valence-corrected chi connectivity index (χ1v) is 10.3. The molecule has 5 nitrogen and oxygen atoms in total. The SMILES string of the molecule is Cn1nccc1-c1ccc(Sc2cccc(C3(C(N)=O)CCOCC3)c2)cc1F. The lowest BCUT2D eigenvalue weighted by atomic mass is 9.73. The molecule has 150 valence electrons. The van der Waals surface area contributed by atoms with Crippen molar-refractivity contribution in [3.63, 3.8) is 0 Å². The first kappa shape index (κ1) is 19.7. The van der Waals surface area contributed by atoms with Gasteiger partial charge in [-0.2, -0.15) is 5.10 Å². The molecule has 0 unspecified atom stereocenters. The van der Waals surface area contributed by atoms with Gasteiger partial charge in [-0.3, -0.25) is 9.48 Å². The van der Waals surface area contributed by atoms with Gasteiger partial charge in [-0.1, -0.05) is 23.9 Å². The zero-order valence-corrected chi connectivity index (χ0v) is 16.9. The van der Waals surface area contributed by atoms with E-state index in [9.17, 15) is 9.18 Å². The first-order chi connectivity index (χ1) is 14.0. The number of benzene rings is 2. The molecule has 29 heavy (non-hydrogen) atoms. The van der Waals surface area contributed by atoms with Crippen molar-refractivity contribution in [1.82, 2.24) is 9.78 Å². The number of primary amides is 1. The molecule has 7 heteroatoms. The number of nitrogens with zero attached hydrogens (tertiary/aromatic N) is 2. The van der Waals surface area contributed by atoms with Crippen LogP contribution in [-0.2, 0) is 22.0 Å². The second-order valence-electron chi connectivity index (χ2n) is 7.17. The predicted octanol–water partition coefficient (Wildman–Crippen LogP) is 3.91. The molecular weight excluding hydrogens is 389 g/mol. The fourth-order valence-electron chi connectivity index (χ4n) is 3.80. The summed E-state index contributed by atoms with van der Waals surface area (Å²) < 4.78 is 21.8. The van der Waals surface area contributed by atoms with Gasteiger partial charge in [0.2, 0.25) is 5.91 Å². The fourth-order valence-corrected chi connectivity index (χ4v) is 4.70. The second kappa shape index (κ2) is 8.00. The number of rotatable bonds is 5. The van der Waals surface area contributed by atoms with Crippen LogP contribution in [0.4, 0.5) is 4.39 Å². The Morgan fingerprint density at radius 2 is 1.93 bits per heavy atom. The molecule has 0 saturated carbocycles. The quantitative estimate of drug-likeness (QED) is 0.691. The van der Waals surface area contributed by atoms with Gasteiger partial charge in [0.1, 0.15) is 5.82 Å². The molecule has 1 fully saturated rings. The summed E-state index contributed by atoms with van der Waals surface area (Å²) in [5.74, 6) is -0.623. The Morgan fingerprint density at radius 1 is 1.17 bits per heavy atom. The molecule has 2 aromatic carbocycles. The number of carbonyl (C=O) groups excluding carboxylic acids is 1. The molecule has 3 aromatic rings. The van der Waals surface area contributed by atoms with E-state index in [-0.39, 0.29) is 11.7 Å². The van der Waals surface area contributed by atoms with Gasteiger partial charge in [0.15, 0.2) is 0 Å². The van der Waals surface area contributed by atoms with Gasteiger partial charge in [-0.15, -0.1) is 0 Å². The van der Waals surface area contributed by atoms with Crippen LogP contribution < -0.4 is 5.73 Å². The van der Waals surface area contributed by atoms with Crippen molar-refractivity contribution < 1.29 is 13.9 Å². The van der Waals surface area contributed by atoms with Gasteiger partial charge >= 0.3 is 0 Å². The van der Waals surface area contributed by atoms with Crippen LogP contribution >= 0.6 is 11.8 Å². The van der Waals surface area contributed by atoms with Crippen molar-refractivity contribution in [3.8, 4) is 11.3 Å². The number of aromatic nitrogens is 2. The van der Waals surface area contributed by atoms with Crippen LogP contribution in [0.2, 0.25) is 0 Å². The first-order valence-electron chi connectivity index (χ1n) is 9.43. The highest BCUT2D eigenvalue weighted by atomic mass is 32.2. The average molecular weight is 412 g/mol. The summed E-state index contributed by atoms with van der Waals surface area (Å²) in [5, 5.41) is 4.10. The maximum Gasteiger partial charge on any atom is 0.228 e. The number of hydrogen-bond acceptors (Lipinski definition) is 4. The third-order valence-electron chi connectivity index (χ3n) is 5.48. The molecule has 4 rings (SSSR count). The Labute approximate surface area is 173 Å². The summed E-state index contributed by atoms with van der Waals surface area (Å²) in [6.07, 6.45) is 2.79. The number of amides is 1. The fraction of sp³-hybridized carbons (Fsp3) is 0.273. The van der Waals surface area contributed by atoms with E-state index in [2.05, 4.69) is 5.10 Å². The highest BCUT2D eigenvalue weighted by Gasteiger charge is 2.40. The van der Waals surface area contributed by atoms with Crippen molar-refractivity contribution in [2.45, 2.75) is 28.0 Å². The molecule has 1 amide bonds. The second-order valence-corrected chi connectivity index (χ2v) is 8.32. The number of aryl methyl sites for hydroxylation is 1. The van der Waals surface area contributed by atoms with Crippen LogP contribution in [0.1, 0.15) is 18.4 Å². The topological polar surface area (TPSA) is 70.1 Å². The molecule has 0 spiro atoms. The summed E-state index contributed by atoms with van der Waals surface area (Å²) in [6, 6.07) is 14.8. The van der Waals surface area contributed by atoms with Crippen molar-refractivity contribution in [3.05, 3.63) is 66.1 Å². The maximum absolute atomic E-state index is 14.7. The van der Waals surface area contributed by atoms with E-state index in [1.54, 1.807) is 30.1 Å². The molecular formula is C22H22FN3O2S. The number of ether oxygens (including phenoxy) is 1. The molecule has 1 aliphatic heterocycles. The Hall–Kier alpha value is -2.64. The zero-order valence-electron chi connectivity index (χ0n) is 16.1. The minimum atomic E-state index is -0.705. The van der Waals surface area contributed by atoms with Crippen LogP contribution in [0.25, 0.3) is 11.3 Å². The standard InChI is InChI=1S/C22H22FN3O2S/c1-26-20(7-10-25-26)18-6-5-17(14-19(18)23)29-16-4-2-3-15(13-16)22(21(24)27)8-11-28-12-9-22/h2-7,10,13-14H,8-9,11-12H2,1H3,(H2,24,27).